The van der Waals surface area contributed by atoms with Crippen LogP contribution in [0.25, 0.3) is 0 Å². The number of hydrogen-bond donors (Lipinski definition) is 0. The average Bonchev–Trinajstić information content (AvgIpc) is 2.68. The molecular formula is C18H14Cl2FN3O4. The van der Waals surface area contributed by atoms with Crippen molar-refractivity contribution in [1.82, 2.24) is 9.80 Å². The molecule has 0 spiro atoms. The van der Waals surface area contributed by atoms with Crippen molar-refractivity contribution in [3.05, 3.63) is 73.5 Å². The summed E-state index contributed by atoms with van der Waals surface area (Å²) in [7, 11) is 0. The van der Waals surface area contributed by atoms with Gasteiger partial charge in [0.15, 0.2) is 0 Å². The lowest BCUT2D eigenvalue weighted by Gasteiger charge is -2.35. The lowest BCUT2D eigenvalue weighted by molar-refractivity contribution is -0.384. The van der Waals surface area contributed by atoms with Crippen molar-refractivity contribution in [3.8, 4) is 0 Å². The quantitative estimate of drug-likeness (QED) is 0.554. The van der Waals surface area contributed by atoms with Crippen LogP contribution in [0, 0.1) is 15.9 Å². The fraction of sp³-hybridized carbons (Fsp3) is 0.222. The second kappa shape index (κ2) is 8.12. The number of hydrogen-bond acceptors (Lipinski definition) is 4. The van der Waals surface area contributed by atoms with Gasteiger partial charge in [-0.1, -0.05) is 23.2 Å². The summed E-state index contributed by atoms with van der Waals surface area (Å²) < 4.78 is 13.9. The zero-order chi connectivity index (χ0) is 20.4. The van der Waals surface area contributed by atoms with Gasteiger partial charge in [-0.3, -0.25) is 19.7 Å². The summed E-state index contributed by atoms with van der Waals surface area (Å²) in [5, 5.41) is 11.0. The molecule has 2 amide bonds. The Morgan fingerprint density at radius 2 is 1.50 bits per heavy atom. The van der Waals surface area contributed by atoms with Gasteiger partial charge in [-0.05, 0) is 24.3 Å². The van der Waals surface area contributed by atoms with Gasteiger partial charge in [0.2, 0.25) is 0 Å². The Bertz CT molecular complexity index is 962. The summed E-state index contributed by atoms with van der Waals surface area (Å²) in [6.45, 7) is 0.863. The molecule has 7 nitrogen and oxygen atoms in total. The lowest BCUT2D eigenvalue weighted by atomic mass is 10.1. The van der Waals surface area contributed by atoms with Crippen molar-refractivity contribution in [1.29, 1.82) is 0 Å². The molecule has 28 heavy (non-hydrogen) atoms. The Kier molecular flexibility index (Phi) is 5.81. The summed E-state index contributed by atoms with van der Waals surface area (Å²) in [6.07, 6.45) is 0. The molecule has 146 valence electrons. The molecule has 1 heterocycles. The molecule has 0 unspecified atom stereocenters. The first kappa shape index (κ1) is 20.0. The van der Waals surface area contributed by atoms with Crippen LogP contribution in [-0.2, 0) is 0 Å². The van der Waals surface area contributed by atoms with E-state index in [1.165, 1.54) is 34.1 Å². The van der Waals surface area contributed by atoms with Crippen molar-refractivity contribution >= 4 is 40.7 Å². The van der Waals surface area contributed by atoms with Gasteiger partial charge in [0.05, 0.1) is 21.1 Å². The summed E-state index contributed by atoms with van der Waals surface area (Å²) in [6, 6.07) is 7.40. The minimum Gasteiger partial charge on any atom is -0.335 e. The third kappa shape index (κ3) is 4.07. The molecule has 0 saturated carbocycles. The number of nitro groups is 1. The fourth-order valence-electron chi connectivity index (χ4n) is 2.91. The summed E-state index contributed by atoms with van der Waals surface area (Å²) in [5.41, 5.74) is -0.181. The van der Waals surface area contributed by atoms with Crippen molar-refractivity contribution in [2.24, 2.45) is 0 Å². The number of nitro benzene ring substituents is 1. The van der Waals surface area contributed by atoms with Crippen LogP contribution in [0.1, 0.15) is 20.7 Å². The third-order valence-electron chi connectivity index (χ3n) is 4.41. The topological polar surface area (TPSA) is 83.8 Å². The number of carbonyl (C=O) groups is 2. The number of halogens is 3. The molecular weight excluding hydrogens is 412 g/mol. The number of amides is 2. The standard InChI is InChI=1S/C18H14Cl2FN3O4/c19-11-1-4-16(21)14(9-11)18(26)23-7-5-22(6-8-23)17(25)13-3-2-12(24(27)28)10-15(13)20/h1-4,9-10H,5-8H2. The normalized spacial score (nSPS) is 14.1. The van der Waals surface area contributed by atoms with E-state index < -0.39 is 16.6 Å². The summed E-state index contributed by atoms with van der Waals surface area (Å²) >= 11 is 11.8. The maximum atomic E-state index is 13.9. The van der Waals surface area contributed by atoms with Crippen molar-refractivity contribution < 1.29 is 18.9 Å². The molecule has 2 aromatic rings. The number of piperazine rings is 1. The van der Waals surface area contributed by atoms with Crippen LogP contribution >= 0.6 is 23.2 Å². The Balaban J connectivity index is 1.68. The molecule has 10 heteroatoms. The number of non-ortho nitro benzene ring substituents is 1. The van der Waals surface area contributed by atoms with Crippen LogP contribution in [0.4, 0.5) is 10.1 Å². The predicted octanol–water partition coefficient (Wildman–Crippen LogP) is 3.64. The zero-order valence-corrected chi connectivity index (χ0v) is 15.9. The van der Waals surface area contributed by atoms with Crippen LogP contribution in [0.2, 0.25) is 10.0 Å². The smallest absolute Gasteiger partial charge is 0.270 e. The molecule has 1 fully saturated rings. The van der Waals surface area contributed by atoms with Crippen LogP contribution in [0.5, 0.6) is 0 Å². The summed E-state index contributed by atoms with van der Waals surface area (Å²) in [5.74, 6) is -1.55. The minimum atomic E-state index is -0.662. The van der Waals surface area contributed by atoms with Crippen LogP contribution < -0.4 is 0 Å². The molecule has 3 rings (SSSR count). The lowest BCUT2D eigenvalue weighted by Crippen LogP contribution is -2.50. The fourth-order valence-corrected chi connectivity index (χ4v) is 3.33. The molecule has 0 radical (unpaired) electrons. The van der Waals surface area contributed by atoms with E-state index in [9.17, 15) is 24.1 Å². The highest BCUT2D eigenvalue weighted by Gasteiger charge is 2.28. The Labute approximate surface area is 169 Å². The van der Waals surface area contributed by atoms with E-state index in [1.807, 2.05) is 0 Å². The first-order valence-corrected chi connectivity index (χ1v) is 9.01. The monoisotopic (exact) mass is 425 g/mol. The molecule has 1 aliphatic heterocycles. The van der Waals surface area contributed by atoms with E-state index >= 15 is 0 Å². The van der Waals surface area contributed by atoms with E-state index in [1.54, 1.807) is 0 Å². The number of carbonyl (C=O) groups excluding carboxylic acids is 2. The van der Waals surface area contributed by atoms with Crippen molar-refractivity contribution in [3.63, 3.8) is 0 Å². The molecule has 0 bridgehead atoms. The predicted molar refractivity (Wildman–Crippen MR) is 101 cm³/mol. The van der Waals surface area contributed by atoms with Gasteiger partial charge in [-0.15, -0.1) is 0 Å². The van der Waals surface area contributed by atoms with Crippen molar-refractivity contribution in [2.45, 2.75) is 0 Å². The van der Waals surface area contributed by atoms with E-state index in [2.05, 4.69) is 0 Å². The van der Waals surface area contributed by atoms with Crippen molar-refractivity contribution in [2.75, 3.05) is 26.2 Å². The van der Waals surface area contributed by atoms with Gasteiger partial charge in [-0.25, -0.2) is 4.39 Å². The van der Waals surface area contributed by atoms with Crippen LogP contribution in [-0.4, -0.2) is 52.7 Å². The largest absolute Gasteiger partial charge is 0.335 e. The number of benzene rings is 2. The maximum absolute atomic E-state index is 13.9. The molecule has 0 aromatic heterocycles. The first-order valence-electron chi connectivity index (χ1n) is 8.25. The van der Waals surface area contributed by atoms with Gasteiger partial charge >= 0.3 is 0 Å². The number of rotatable bonds is 3. The second-order valence-corrected chi connectivity index (χ2v) is 6.97. The SMILES string of the molecule is O=C(c1cc(Cl)ccc1F)N1CCN(C(=O)c2ccc([N+](=O)[O-])cc2Cl)CC1. The molecule has 1 saturated heterocycles. The van der Waals surface area contributed by atoms with E-state index in [-0.39, 0.29) is 58.9 Å². The third-order valence-corrected chi connectivity index (χ3v) is 4.95. The highest BCUT2D eigenvalue weighted by atomic mass is 35.5. The first-order chi connectivity index (χ1) is 13.3. The minimum absolute atomic E-state index is 0.0151. The van der Waals surface area contributed by atoms with E-state index in [0.717, 1.165) is 12.1 Å². The maximum Gasteiger partial charge on any atom is 0.270 e. The zero-order valence-electron chi connectivity index (χ0n) is 14.4. The highest BCUT2D eigenvalue weighted by Crippen LogP contribution is 2.24. The van der Waals surface area contributed by atoms with E-state index in [4.69, 9.17) is 23.2 Å². The van der Waals surface area contributed by atoms with E-state index in [0.29, 0.717) is 0 Å². The highest BCUT2D eigenvalue weighted by molar-refractivity contribution is 6.34. The molecule has 0 aliphatic carbocycles. The summed E-state index contributed by atoms with van der Waals surface area (Å²) in [4.78, 5) is 38.3. The van der Waals surface area contributed by atoms with Gasteiger partial charge in [-0.2, -0.15) is 0 Å². The molecule has 0 N–H and O–H groups in total. The second-order valence-electron chi connectivity index (χ2n) is 6.13. The van der Waals surface area contributed by atoms with Crippen LogP contribution in [0.15, 0.2) is 36.4 Å². The van der Waals surface area contributed by atoms with Gasteiger partial charge in [0.1, 0.15) is 5.82 Å². The molecule has 1 aliphatic rings. The average molecular weight is 426 g/mol. The van der Waals surface area contributed by atoms with Crippen LogP contribution in [0.3, 0.4) is 0 Å². The Morgan fingerprint density at radius 1 is 0.929 bits per heavy atom. The molecule has 2 aromatic carbocycles. The number of nitrogens with zero attached hydrogens (tertiary/aromatic N) is 3. The van der Waals surface area contributed by atoms with Gasteiger partial charge in [0.25, 0.3) is 17.5 Å². The van der Waals surface area contributed by atoms with Gasteiger partial charge < -0.3 is 9.80 Å². The van der Waals surface area contributed by atoms with Gasteiger partial charge in [0, 0.05) is 43.3 Å². The Hall–Kier alpha value is -2.71. The molecule has 0 atom stereocenters. The Morgan fingerprint density at radius 3 is 2.04 bits per heavy atom.